The summed E-state index contributed by atoms with van der Waals surface area (Å²) in [7, 11) is 0. The highest BCUT2D eigenvalue weighted by Crippen LogP contribution is 2.30. The number of rotatable bonds is 4. The molecule has 1 saturated heterocycles. The Kier molecular flexibility index (Phi) is 5.04. The first kappa shape index (κ1) is 16.0. The van der Waals surface area contributed by atoms with Crippen LogP contribution in [0.25, 0.3) is 0 Å². The molecule has 0 unspecified atom stereocenters. The van der Waals surface area contributed by atoms with Crippen LogP contribution >= 0.6 is 11.8 Å². The molecule has 0 bridgehead atoms. The lowest BCUT2D eigenvalue weighted by atomic mass is 9.91. The van der Waals surface area contributed by atoms with E-state index in [2.05, 4.69) is 51.2 Å². The second-order valence-corrected chi connectivity index (χ2v) is 7.90. The molecule has 1 aliphatic carbocycles. The number of pyridine rings is 1. The van der Waals surface area contributed by atoms with Gasteiger partial charge in [0, 0.05) is 48.2 Å². The zero-order chi connectivity index (χ0) is 16.2. The van der Waals surface area contributed by atoms with Crippen LogP contribution in [0.2, 0.25) is 0 Å². The normalized spacial score (nSPS) is 19.8. The lowest BCUT2D eigenvalue weighted by Gasteiger charge is -2.36. The maximum atomic E-state index is 4.49. The fourth-order valence-electron chi connectivity index (χ4n) is 3.57. The minimum absolute atomic E-state index is 0.864. The van der Waals surface area contributed by atoms with Gasteiger partial charge in [-0.2, -0.15) is 0 Å². The summed E-state index contributed by atoms with van der Waals surface area (Å²) in [4.78, 5) is 12.2. The van der Waals surface area contributed by atoms with Crippen molar-refractivity contribution in [1.29, 1.82) is 0 Å². The van der Waals surface area contributed by atoms with Crippen LogP contribution < -0.4 is 4.90 Å². The van der Waals surface area contributed by atoms with E-state index < -0.39 is 0 Å². The van der Waals surface area contributed by atoms with Crippen molar-refractivity contribution in [3.05, 3.63) is 48.8 Å². The SMILES string of the molecule is c1ccc(Sc2cncc(N3CCCN(C4CCC4)CC3)c2)cc1. The molecular formula is C20H25N3S. The monoisotopic (exact) mass is 339 g/mol. The van der Waals surface area contributed by atoms with Crippen molar-refractivity contribution in [2.24, 2.45) is 0 Å². The van der Waals surface area contributed by atoms with Crippen molar-refractivity contribution in [3.8, 4) is 0 Å². The molecule has 0 radical (unpaired) electrons. The van der Waals surface area contributed by atoms with Crippen molar-refractivity contribution in [1.82, 2.24) is 9.88 Å². The van der Waals surface area contributed by atoms with Gasteiger partial charge in [-0.25, -0.2) is 0 Å². The highest BCUT2D eigenvalue weighted by atomic mass is 32.2. The number of benzene rings is 1. The second kappa shape index (κ2) is 7.58. The fourth-order valence-corrected chi connectivity index (χ4v) is 4.43. The predicted molar refractivity (Wildman–Crippen MR) is 101 cm³/mol. The largest absolute Gasteiger partial charge is 0.369 e. The first-order valence-corrected chi connectivity index (χ1v) is 9.87. The molecule has 2 aromatic rings. The van der Waals surface area contributed by atoms with Gasteiger partial charge in [-0.3, -0.25) is 9.88 Å². The van der Waals surface area contributed by atoms with Crippen molar-refractivity contribution in [2.45, 2.75) is 41.5 Å². The minimum atomic E-state index is 0.864. The van der Waals surface area contributed by atoms with Gasteiger partial charge in [-0.1, -0.05) is 36.4 Å². The molecule has 0 amide bonds. The predicted octanol–water partition coefficient (Wildman–Crippen LogP) is 4.30. The van der Waals surface area contributed by atoms with Crippen molar-refractivity contribution in [3.63, 3.8) is 0 Å². The zero-order valence-corrected chi connectivity index (χ0v) is 14.9. The van der Waals surface area contributed by atoms with Crippen LogP contribution in [-0.2, 0) is 0 Å². The quantitative estimate of drug-likeness (QED) is 0.827. The molecule has 1 aromatic carbocycles. The highest BCUT2D eigenvalue weighted by molar-refractivity contribution is 7.99. The number of hydrogen-bond donors (Lipinski definition) is 0. The first-order valence-electron chi connectivity index (χ1n) is 9.05. The molecule has 126 valence electrons. The van der Waals surface area contributed by atoms with Crippen molar-refractivity contribution >= 4 is 17.4 Å². The van der Waals surface area contributed by atoms with Gasteiger partial charge in [0.2, 0.25) is 0 Å². The molecule has 0 atom stereocenters. The molecule has 2 fully saturated rings. The standard InChI is InChI=1S/C20H25N3S/c1-2-8-19(9-3-1)24-20-14-18(15-21-16-20)23-11-5-10-22(12-13-23)17-6-4-7-17/h1-3,8-9,14-17H,4-7,10-13H2. The Morgan fingerprint density at radius 3 is 2.54 bits per heavy atom. The molecule has 0 spiro atoms. The zero-order valence-electron chi connectivity index (χ0n) is 14.1. The van der Waals surface area contributed by atoms with Crippen LogP contribution in [0.1, 0.15) is 25.7 Å². The Hall–Kier alpha value is -1.52. The number of nitrogens with zero attached hydrogens (tertiary/aromatic N) is 3. The third kappa shape index (κ3) is 3.76. The van der Waals surface area contributed by atoms with Crippen LogP contribution in [0.3, 0.4) is 0 Å². The number of aromatic nitrogens is 1. The first-order chi connectivity index (χ1) is 11.9. The number of anilines is 1. The van der Waals surface area contributed by atoms with Crippen LogP contribution in [0.4, 0.5) is 5.69 Å². The molecule has 2 heterocycles. The summed E-state index contributed by atoms with van der Waals surface area (Å²) in [6.45, 7) is 4.72. The molecule has 1 saturated carbocycles. The van der Waals surface area contributed by atoms with Crippen molar-refractivity contribution in [2.75, 3.05) is 31.1 Å². The third-order valence-electron chi connectivity index (χ3n) is 5.16. The summed E-state index contributed by atoms with van der Waals surface area (Å²) in [6.07, 6.45) is 9.49. The van der Waals surface area contributed by atoms with E-state index in [0.717, 1.165) is 19.1 Å². The number of hydrogen-bond acceptors (Lipinski definition) is 4. The maximum Gasteiger partial charge on any atom is 0.0564 e. The molecule has 24 heavy (non-hydrogen) atoms. The summed E-state index contributed by atoms with van der Waals surface area (Å²) < 4.78 is 0. The third-order valence-corrected chi connectivity index (χ3v) is 6.13. The maximum absolute atomic E-state index is 4.49. The van der Waals surface area contributed by atoms with Gasteiger partial charge in [0.25, 0.3) is 0 Å². The molecule has 1 aliphatic heterocycles. The minimum Gasteiger partial charge on any atom is -0.369 e. The van der Waals surface area contributed by atoms with E-state index in [-0.39, 0.29) is 0 Å². The van der Waals surface area contributed by atoms with Crippen LogP contribution in [0, 0.1) is 0 Å². The Morgan fingerprint density at radius 1 is 0.875 bits per heavy atom. The second-order valence-electron chi connectivity index (χ2n) is 6.76. The van der Waals surface area contributed by atoms with E-state index >= 15 is 0 Å². The lowest BCUT2D eigenvalue weighted by molar-refractivity contribution is 0.136. The summed E-state index contributed by atoms with van der Waals surface area (Å²) in [5.41, 5.74) is 1.27. The fraction of sp³-hybridized carbons (Fsp3) is 0.450. The Labute approximate surface area is 149 Å². The van der Waals surface area contributed by atoms with Gasteiger partial charge in [0.1, 0.15) is 0 Å². The van der Waals surface area contributed by atoms with E-state index in [0.29, 0.717) is 0 Å². The van der Waals surface area contributed by atoms with E-state index in [9.17, 15) is 0 Å². The van der Waals surface area contributed by atoms with Gasteiger partial charge >= 0.3 is 0 Å². The molecular weight excluding hydrogens is 314 g/mol. The molecule has 4 rings (SSSR count). The Morgan fingerprint density at radius 2 is 1.75 bits per heavy atom. The van der Waals surface area contributed by atoms with Gasteiger partial charge in [0.15, 0.2) is 0 Å². The molecule has 2 aliphatic rings. The summed E-state index contributed by atoms with van der Waals surface area (Å²) in [5, 5.41) is 0. The lowest BCUT2D eigenvalue weighted by Crippen LogP contribution is -2.42. The van der Waals surface area contributed by atoms with E-state index in [4.69, 9.17) is 0 Å². The Balaban J connectivity index is 1.43. The smallest absolute Gasteiger partial charge is 0.0564 e. The highest BCUT2D eigenvalue weighted by Gasteiger charge is 2.26. The van der Waals surface area contributed by atoms with Crippen molar-refractivity contribution < 1.29 is 0 Å². The summed E-state index contributed by atoms with van der Waals surface area (Å²) in [5.74, 6) is 0. The Bertz CT molecular complexity index is 657. The molecule has 3 nitrogen and oxygen atoms in total. The van der Waals surface area contributed by atoms with Crippen LogP contribution in [0.15, 0.2) is 58.6 Å². The average Bonchev–Trinajstić information content (AvgIpc) is 2.81. The van der Waals surface area contributed by atoms with Gasteiger partial charge in [0.05, 0.1) is 11.9 Å². The molecule has 1 aromatic heterocycles. The van der Waals surface area contributed by atoms with E-state index in [1.54, 1.807) is 11.8 Å². The van der Waals surface area contributed by atoms with Gasteiger partial charge in [-0.05, 0) is 37.5 Å². The van der Waals surface area contributed by atoms with E-state index in [1.165, 1.54) is 54.3 Å². The van der Waals surface area contributed by atoms with Crippen LogP contribution in [-0.4, -0.2) is 42.1 Å². The molecule has 4 heteroatoms. The van der Waals surface area contributed by atoms with Crippen LogP contribution in [0.5, 0.6) is 0 Å². The molecule has 0 N–H and O–H groups in total. The van der Waals surface area contributed by atoms with Gasteiger partial charge in [-0.15, -0.1) is 0 Å². The average molecular weight is 340 g/mol. The van der Waals surface area contributed by atoms with E-state index in [1.807, 2.05) is 12.4 Å². The summed E-state index contributed by atoms with van der Waals surface area (Å²) in [6, 6.07) is 13.7. The van der Waals surface area contributed by atoms with Gasteiger partial charge < -0.3 is 4.90 Å². The topological polar surface area (TPSA) is 19.4 Å². The summed E-state index contributed by atoms with van der Waals surface area (Å²) >= 11 is 1.79.